The Morgan fingerprint density at radius 2 is 1.85 bits per heavy atom. The van der Waals surface area contributed by atoms with Crippen LogP contribution in [0.15, 0.2) is 48.5 Å². The van der Waals surface area contributed by atoms with Crippen LogP contribution in [0.25, 0.3) is 0 Å². The molecule has 0 saturated carbocycles. The van der Waals surface area contributed by atoms with Crippen molar-refractivity contribution in [3.05, 3.63) is 59.9 Å². The van der Waals surface area contributed by atoms with E-state index in [9.17, 15) is 9.50 Å². The second kappa shape index (κ2) is 6.72. The van der Waals surface area contributed by atoms with Crippen molar-refractivity contribution in [1.82, 2.24) is 0 Å². The van der Waals surface area contributed by atoms with Gasteiger partial charge < -0.3 is 9.84 Å². The SMILES string of the molecule is CCOc1ccc(N2C[C@](O)(c3ccc(F)cc3)[N+]3=C2CCCC3)cc1. The Kier molecular flexibility index (Phi) is 4.41. The van der Waals surface area contributed by atoms with Crippen LogP contribution < -0.4 is 9.64 Å². The largest absolute Gasteiger partial charge is 0.494 e. The Balaban J connectivity index is 1.71. The molecule has 4 rings (SSSR count). The summed E-state index contributed by atoms with van der Waals surface area (Å²) in [6.07, 6.45) is 3.08. The van der Waals surface area contributed by atoms with Crippen molar-refractivity contribution in [3.8, 4) is 5.75 Å². The summed E-state index contributed by atoms with van der Waals surface area (Å²) in [6.45, 7) is 3.84. The zero-order chi connectivity index (χ0) is 18.1. The molecule has 2 aliphatic rings. The molecule has 26 heavy (non-hydrogen) atoms. The molecule has 1 N–H and O–H groups in total. The van der Waals surface area contributed by atoms with Gasteiger partial charge in [-0.15, -0.1) is 0 Å². The number of halogens is 1. The average Bonchev–Trinajstić information content (AvgIpc) is 2.98. The van der Waals surface area contributed by atoms with Gasteiger partial charge in [0.2, 0.25) is 0 Å². The minimum atomic E-state index is -1.14. The zero-order valence-electron chi connectivity index (χ0n) is 15.0. The minimum Gasteiger partial charge on any atom is -0.494 e. The molecule has 2 aromatic rings. The Labute approximate surface area is 153 Å². The minimum absolute atomic E-state index is 0.290. The molecule has 1 atom stereocenters. The van der Waals surface area contributed by atoms with E-state index in [1.54, 1.807) is 12.1 Å². The van der Waals surface area contributed by atoms with Crippen molar-refractivity contribution in [1.29, 1.82) is 0 Å². The molecule has 0 fully saturated rings. The molecule has 0 aliphatic carbocycles. The highest BCUT2D eigenvalue weighted by atomic mass is 19.1. The van der Waals surface area contributed by atoms with E-state index >= 15 is 0 Å². The van der Waals surface area contributed by atoms with Crippen LogP contribution in [0.5, 0.6) is 5.75 Å². The van der Waals surface area contributed by atoms with E-state index in [4.69, 9.17) is 4.74 Å². The predicted octanol–water partition coefficient (Wildman–Crippen LogP) is 3.48. The third kappa shape index (κ3) is 2.86. The summed E-state index contributed by atoms with van der Waals surface area (Å²) in [6, 6.07) is 14.2. The third-order valence-electron chi connectivity index (χ3n) is 5.25. The van der Waals surface area contributed by atoms with E-state index in [-0.39, 0.29) is 5.82 Å². The van der Waals surface area contributed by atoms with Crippen molar-refractivity contribution in [2.45, 2.75) is 31.9 Å². The summed E-state index contributed by atoms with van der Waals surface area (Å²) >= 11 is 0. The van der Waals surface area contributed by atoms with E-state index in [0.717, 1.165) is 48.6 Å². The normalized spacial score (nSPS) is 22.5. The molecule has 136 valence electrons. The first-order chi connectivity index (χ1) is 12.6. The summed E-state index contributed by atoms with van der Waals surface area (Å²) in [4.78, 5) is 2.18. The maximum atomic E-state index is 13.4. The Bertz CT molecular complexity index is 817. The molecule has 2 heterocycles. The lowest BCUT2D eigenvalue weighted by atomic mass is 10.0. The highest BCUT2D eigenvalue weighted by Crippen LogP contribution is 2.36. The van der Waals surface area contributed by atoms with Crippen LogP contribution in [0.4, 0.5) is 10.1 Å². The van der Waals surface area contributed by atoms with E-state index < -0.39 is 5.72 Å². The number of benzene rings is 2. The van der Waals surface area contributed by atoms with E-state index in [0.29, 0.717) is 13.2 Å². The van der Waals surface area contributed by atoms with Crippen LogP contribution in [0.2, 0.25) is 0 Å². The van der Waals surface area contributed by atoms with Crippen molar-refractivity contribution in [2.75, 3.05) is 24.6 Å². The second-order valence-electron chi connectivity index (χ2n) is 6.86. The fraction of sp³-hybridized carbons (Fsp3) is 0.381. The first kappa shape index (κ1) is 17.0. The summed E-state index contributed by atoms with van der Waals surface area (Å²) in [5, 5.41) is 11.5. The molecular weight excluding hydrogens is 331 g/mol. The number of nitrogens with zero attached hydrogens (tertiary/aromatic N) is 2. The van der Waals surface area contributed by atoms with Gasteiger partial charge in [-0.1, -0.05) is 0 Å². The van der Waals surface area contributed by atoms with Crippen LogP contribution in [-0.4, -0.2) is 35.2 Å². The fourth-order valence-corrected chi connectivity index (χ4v) is 3.99. The number of ether oxygens (including phenoxy) is 1. The highest BCUT2D eigenvalue weighted by molar-refractivity contribution is 5.96. The molecule has 0 radical (unpaired) electrons. The summed E-state index contributed by atoms with van der Waals surface area (Å²) < 4.78 is 21.0. The molecule has 5 heteroatoms. The molecular formula is C21H24FN2O2+. The first-order valence-electron chi connectivity index (χ1n) is 9.24. The molecule has 0 bridgehead atoms. The highest BCUT2D eigenvalue weighted by Gasteiger charge is 2.52. The summed E-state index contributed by atoms with van der Waals surface area (Å²) in [7, 11) is 0. The molecule has 0 spiro atoms. The average molecular weight is 355 g/mol. The lowest BCUT2D eigenvalue weighted by Gasteiger charge is -2.24. The molecule has 0 saturated heterocycles. The van der Waals surface area contributed by atoms with Gasteiger partial charge in [0.1, 0.15) is 17.3 Å². The lowest BCUT2D eigenvalue weighted by Crippen LogP contribution is -2.41. The van der Waals surface area contributed by atoms with Crippen LogP contribution in [0, 0.1) is 5.82 Å². The van der Waals surface area contributed by atoms with Gasteiger partial charge in [-0.25, -0.2) is 13.9 Å². The van der Waals surface area contributed by atoms with E-state index in [1.165, 1.54) is 12.1 Å². The van der Waals surface area contributed by atoms with Gasteiger partial charge in [0.05, 0.1) is 13.2 Å². The molecule has 0 unspecified atom stereocenters. The van der Waals surface area contributed by atoms with Crippen molar-refractivity contribution in [3.63, 3.8) is 0 Å². The zero-order valence-corrected chi connectivity index (χ0v) is 15.0. The van der Waals surface area contributed by atoms with Gasteiger partial charge in [0.25, 0.3) is 11.6 Å². The summed E-state index contributed by atoms with van der Waals surface area (Å²) in [5.74, 6) is 1.68. The quantitative estimate of drug-likeness (QED) is 0.853. The maximum Gasteiger partial charge on any atom is 0.271 e. The maximum absolute atomic E-state index is 13.4. The first-order valence-corrected chi connectivity index (χ1v) is 9.24. The number of amidine groups is 1. The van der Waals surface area contributed by atoms with Crippen molar-refractivity contribution >= 4 is 11.5 Å². The molecule has 0 aromatic heterocycles. The molecule has 4 nitrogen and oxygen atoms in total. The van der Waals surface area contributed by atoms with Gasteiger partial charge in [0, 0.05) is 12.0 Å². The molecule has 0 amide bonds. The van der Waals surface area contributed by atoms with Crippen LogP contribution in [0.1, 0.15) is 31.7 Å². The van der Waals surface area contributed by atoms with Gasteiger partial charge in [-0.3, -0.25) is 0 Å². The van der Waals surface area contributed by atoms with Crippen LogP contribution in [-0.2, 0) is 5.72 Å². The Morgan fingerprint density at radius 3 is 2.54 bits per heavy atom. The van der Waals surface area contributed by atoms with E-state index in [1.807, 2.05) is 31.2 Å². The Morgan fingerprint density at radius 1 is 1.12 bits per heavy atom. The van der Waals surface area contributed by atoms with Gasteiger partial charge in [0.15, 0.2) is 6.54 Å². The van der Waals surface area contributed by atoms with Gasteiger partial charge >= 0.3 is 0 Å². The number of anilines is 1. The second-order valence-corrected chi connectivity index (χ2v) is 6.86. The van der Waals surface area contributed by atoms with Gasteiger partial charge in [-0.05, 0) is 68.3 Å². The predicted molar refractivity (Wildman–Crippen MR) is 99.2 cm³/mol. The third-order valence-corrected chi connectivity index (χ3v) is 5.25. The Hall–Kier alpha value is -2.40. The fourth-order valence-electron chi connectivity index (χ4n) is 3.99. The molecule has 2 aliphatic heterocycles. The number of hydrogen-bond donors (Lipinski definition) is 1. The number of hydrogen-bond acceptors (Lipinski definition) is 3. The number of aliphatic hydroxyl groups is 1. The molecule has 2 aromatic carbocycles. The monoisotopic (exact) mass is 355 g/mol. The van der Waals surface area contributed by atoms with E-state index in [2.05, 4.69) is 9.48 Å². The van der Waals surface area contributed by atoms with Gasteiger partial charge in [-0.2, -0.15) is 0 Å². The topological polar surface area (TPSA) is 35.7 Å². The number of rotatable bonds is 4. The smallest absolute Gasteiger partial charge is 0.271 e. The number of β-amino-alcohol motifs (C(OH)–C–C–N with tert-alkyl or cyclic N) is 1. The summed E-state index contributed by atoms with van der Waals surface area (Å²) in [5.41, 5.74) is 0.627. The van der Waals surface area contributed by atoms with Crippen LogP contribution in [0.3, 0.4) is 0 Å². The van der Waals surface area contributed by atoms with Crippen molar-refractivity contribution in [2.24, 2.45) is 0 Å². The lowest BCUT2D eigenvalue weighted by molar-refractivity contribution is -0.661. The van der Waals surface area contributed by atoms with Crippen LogP contribution >= 0.6 is 0 Å². The van der Waals surface area contributed by atoms with Crippen molar-refractivity contribution < 1.29 is 18.8 Å². The standard InChI is InChI=1S/C21H24FN2O2/c1-2-26-19-12-10-18(11-13-19)23-15-21(25,16-6-8-17(22)9-7-16)24-14-4-3-5-20(23)24/h6-13,25H,2-5,14-15H2,1H3/q+1/t21-/m0/s1.